The topological polar surface area (TPSA) is 67.0 Å². The molecule has 1 amide bonds. The summed E-state index contributed by atoms with van der Waals surface area (Å²) in [4.78, 5) is 13.3. The number of carbonyl (C=O) groups is 1. The Bertz CT molecular complexity index is 1690. The van der Waals surface area contributed by atoms with Gasteiger partial charge in [0.15, 0.2) is 0 Å². The fourth-order valence-corrected chi connectivity index (χ4v) is 4.69. The Hall–Kier alpha value is -5.34. The van der Waals surface area contributed by atoms with Crippen LogP contribution in [0, 0.1) is 18.3 Å². The first kappa shape index (κ1) is 26.3. The predicted octanol–water partition coefficient (Wildman–Crippen LogP) is 8.06. The van der Waals surface area contributed by atoms with Crippen LogP contribution in [0.25, 0.3) is 34.3 Å². The summed E-state index contributed by atoms with van der Waals surface area (Å²) >= 11 is 0. The zero-order valence-electron chi connectivity index (χ0n) is 22.5. The molecule has 0 atom stereocenters. The first-order valence-corrected chi connectivity index (χ1v) is 13.2. The van der Waals surface area contributed by atoms with Crippen molar-refractivity contribution in [2.24, 2.45) is 0 Å². The molecule has 5 rings (SSSR count). The maximum atomic E-state index is 13.3. The van der Waals surface area contributed by atoms with E-state index in [9.17, 15) is 10.1 Å². The fraction of sp³-hybridized carbons (Fsp3) is 0.0857. The molecule has 5 nitrogen and oxygen atoms in total. The van der Waals surface area contributed by atoms with Gasteiger partial charge in [-0.3, -0.25) is 4.79 Å². The van der Waals surface area contributed by atoms with E-state index in [1.54, 1.807) is 6.08 Å². The van der Waals surface area contributed by atoms with Crippen molar-refractivity contribution in [3.8, 4) is 40.0 Å². The lowest BCUT2D eigenvalue weighted by Crippen LogP contribution is -2.14. The number of rotatable bonds is 8. The number of benzene rings is 4. The van der Waals surface area contributed by atoms with E-state index >= 15 is 0 Å². The van der Waals surface area contributed by atoms with Gasteiger partial charge < -0.3 is 14.6 Å². The molecule has 0 aliphatic carbocycles. The second-order valence-electron chi connectivity index (χ2n) is 9.27. The van der Waals surface area contributed by atoms with Gasteiger partial charge >= 0.3 is 0 Å². The molecule has 5 aromatic rings. The lowest BCUT2D eigenvalue weighted by molar-refractivity contribution is -0.112. The molecule has 0 saturated heterocycles. The van der Waals surface area contributed by atoms with Crippen molar-refractivity contribution in [1.82, 2.24) is 4.57 Å². The third-order valence-corrected chi connectivity index (χ3v) is 6.61. The molecule has 40 heavy (non-hydrogen) atoms. The number of aromatic nitrogens is 1. The number of nitriles is 1. The molecule has 0 bridgehead atoms. The molecule has 1 heterocycles. The highest BCUT2D eigenvalue weighted by Gasteiger charge is 2.20. The van der Waals surface area contributed by atoms with Crippen molar-refractivity contribution in [2.75, 3.05) is 11.9 Å². The van der Waals surface area contributed by atoms with Crippen LogP contribution in [0.4, 0.5) is 5.69 Å². The number of nitrogens with zero attached hydrogens (tertiary/aromatic N) is 2. The summed E-state index contributed by atoms with van der Waals surface area (Å²) in [7, 11) is 0. The lowest BCUT2D eigenvalue weighted by Gasteiger charge is -2.16. The first-order valence-electron chi connectivity index (χ1n) is 13.2. The molecule has 1 aromatic heterocycles. The summed E-state index contributed by atoms with van der Waals surface area (Å²) in [5.41, 5.74) is 7.09. The maximum Gasteiger partial charge on any atom is 0.266 e. The molecular formula is C35H29N3O2. The van der Waals surface area contributed by atoms with Gasteiger partial charge in [-0.2, -0.15) is 5.26 Å². The highest BCUT2D eigenvalue weighted by atomic mass is 16.5. The van der Waals surface area contributed by atoms with Crippen molar-refractivity contribution in [1.29, 1.82) is 5.26 Å². The van der Waals surface area contributed by atoms with Gasteiger partial charge in [0.1, 0.15) is 17.4 Å². The molecule has 0 unspecified atom stereocenters. The first-order chi connectivity index (χ1) is 19.6. The molecule has 1 N–H and O–H groups in total. The third kappa shape index (κ3) is 5.57. The Labute approximate surface area is 234 Å². The second-order valence-corrected chi connectivity index (χ2v) is 9.27. The summed E-state index contributed by atoms with van der Waals surface area (Å²) < 4.78 is 7.85. The SMILES string of the molecule is CCOc1ccc(-n2c(-c3ccccc3)cc(/C=C(\C#N)C(=O)Nc3ccccc3C)c2-c2ccccc2)cc1. The monoisotopic (exact) mass is 523 g/mol. The lowest BCUT2D eigenvalue weighted by atomic mass is 10.0. The Morgan fingerprint density at radius 3 is 2.12 bits per heavy atom. The summed E-state index contributed by atoms with van der Waals surface area (Å²) in [6.07, 6.45) is 1.67. The zero-order valence-corrected chi connectivity index (χ0v) is 22.5. The van der Waals surface area contributed by atoms with E-state index < -0.39 is 5.91 Å². The Morgan fingerprint density at radius 1 is 0.875 bits per heavy atom. The van der Waals surface area contributed by atoms with Gasteiger partial charge in [0.25, 0.3) is 5.91 Å². The van der Waals surface area contributed by atoms with Crippen LogP contribution in [0.1, 0.15) is 18.1 Å². The van der Waals surface area contributed by atoms with Crippen molar-refractivity contribution >= 4 is 17.7 Å². The van der Waals surface area contributed by atoms with Crippen molar-refractivity contribution in [3.05, 3.63) is 132 Å². The molecule has 0 fully saturated rings. The van der Waals surface area contributed by atoms with Gasteiger partial charge in [0, 0.05) is 16.9 Å². The molecule has 0 spiro atoms. The van der Waals surface area contributed by atoms with Gasteiger partial charge in [-0.15, -0.1) is 0 Å². The van der Waals surface area contributed by atoms with Crippen LogP contribution in [0.5, 0.6) is 5.75 Å². The quantitative estimate of drug-likeness (QED) is 0.165. The van der Waals surface area contributed by atoms with Crippen LogP contribution in [-0.4, -0.2) is 17.1 Å². The normalized spacial score (nSPS) is 11.1. The number of hydrogen-bond acceptors (Lipinski definition) is 3. The van der Waals surface area contributed by atoms with Crippen LogP contribution in [-0.2, 0) is 4.79 Å². The van der Waals surface area contributed by atoms with Crippen LogP contribution < -0.4 is 10.1 Å². The van der Waals surface area contributed by atoms with Crippen LogP contribution >= 0.6 is 0 Å². The second kappa shape index (κ2) is 12.0. The molecule has 0 aliphatic heterocycles. The van der Waals surface area contributed by atoms with Gasteiger partial charge in [-0.05, 0) is 73.0 Å². The number of nitrogens with one attached hydrogen (secondary N) is 1. The highest BCUT2D eigenvalue weighted by molar-refractivity contribution is 6.10. The smallest absolute Gasteiger partial charge is 0.266 e. The van der Waals surface area contributed by atoms with E-state index in [1.807, 2.05) is 117 Å². The third-order valence-electron chi connectivity index (χ3n) is 6.61. The predicted molar refractivity (Wildman–Crippen MR) is 161 cm³/mol. The zero-order chi connectivity index (χ0) is 27.9. The van der Waals surface area contributed by atoms with Crippen molar-refractivity contribution in [3.63, 3.8) is 0 Å². The van der Waals surface area contributed by atoms with E-state index in [0.717, 1.165) is 45.1 Å². The highest BCUT2D eigenvalue weighted by Crippen LogP contribution is 2.37. The molecule has 196 valence electrons. The minimum Gasteiger partial charge on any atom is -0.494 e. The number of carbonyl (C=O) groups excluding carboxylic acids is 1. The molecular weight excluding hydrogens is 494 g/mol. The number of ether oxygens (including phenoxy) is 1. The maximum absolute atomic E-state index is 13.3. The number of para-hydroxylation sites is 1. The Morgan fingerprint density at radius 2 is 1.50 bits per heavy atom. The molecule has 5 heteroatoms. The van der Waals surface area contributed by atoms with Crippen LogP contribution in [0.3, 0.4) is 0 Å². The minimum absolute atomic E-state index is 0.0175. The number of amides is 1. The molecule has 0 aliphatic rings. The molecule has 4 aromatic carbocycles. The van der Waals surface area contributed by atoms with Crippen molar-refractivity contribution in [2.45, 2.75) is 13.8 Å². The van der Waals surface area contributed by atoms with Gasteiger partial charge in [0.05, 0.1) is 18.0 Å². The molecule has 0 radical (unpaired) electrons. The minimum atomic E-state index is -0.453. The number of aryl methyl sites for hydroxylation is 1. The average molecular weight is 524 g/mol. The van der Waals surface area contributed by atoms with E-state index in [1.165, 1.54) is 0 Å². The van der Waals surface area contributed by atoms with E-state index in [-0.39, 0.29) is 5.57 Å². The van der Waals surface area contributed by atoms with Gasteiger partial charge in [-0.25, -0.2) is 0 Å². The standard InChI is InChI=1S/C35H29N3O2/c1-3-40-31-20-18-30(19-21-31)38-33(26-13-6-4-7-14-26)23-28(34(38)27-15-8-5-9-16-27)22-29(24-36)35(39)37-32-17-11-10-12-25(32)2/h4-23H,3H2,1-2H3,(H,37,39)/b29-22+. The number of anilines is 1. The number of hydrogen-bond donors (Lipinski definition) is 1. The summed E-state index contributed by atoms with van der Waals surface area (Å²) in [5, 5.41) is 13.0. The van der Waals surface area contributed by atoms with Crippen LogP contribution in [0.2, 0.25) is 0 Å². The van der Waals surface area contributed by atoms with E-state index in [2.05, 4.69) is 28.1 Å². The van der Waals surface area contributed by atoms with Crippen LogP contribution in [0.15, 0.2) is 121 Å². The average Bonchev–Trinajstić information content (AvgIpc) is 3.37. The largest absolute Gasteiger partial charge is 0.494 e. The Kier molecular flexibility index (Phi) is 7.89. The summed E-state index contributed by atoms with van der Waals surface area (Å²) in [6.45, 7) is 4.47. The summed E-state index contributed by atoms with van der Waals surface area (Å²) in [5.74, 6) is 0.339. The Balaban J connectivity index is 1.71. The molecule has 0 saturated carbocycles. The fourth-order valence-electron chi connectivity index (χ4n) is 4.69. The van der Waals surface area contributed by atoms with Crippen molar-refractivity contribution < 1.29 is 9.53 Å². The van der Waals surface area contributed by atoms with E-state index in [4.69, 9.17) is 4.74 Å². The summed E-state index contributed by atoms with van der Waals surface area (Å²) in [6, 6.07) is 39.7. The van der Waals surface area contributed by atoms with Gasteiger partial charge in [-0.1, -0.05) is 78.9 Å². The van der Waals surface area contributed by atoms with E-state index in [0.29, 0.717) is 12.3 Å². The van der Waals surface area contributed by atoms with Gasteiger partial charge in [0.2, 0.25) is 0 Å².